The zero-order valence-corrected chi connectivity index (χ0v) is 10.7. The van der Waals surface area contributed by atoms with E-state index in [9.17, 15) is 4.79 Å². The fourth-order valence-corrected chi connectivity index (χ4v) is 1.64. The lowest BCUT2D eigenvalue weighted by Crippen LogP contribution is -2.01. The first-order valence-corrected chi connectivity index (χ1v) is 5.71. The van der Waals surface area contributed by atoms with Crippen LogP contribution in [0.15, 0.2) is 36.5 Å². The Morgan fingerprint density at radius 2 is 2.11 bits per heavy atom. The number of pyridine rings is 1. The molecule has 2 aromatic rings. The molecule has 1 heterocycles. The fraction of sp³-hybridized carbons (Fsp3) is 0.143. The molecular weight excluding hydrogens is 244 g/mol. The number of carboxylic acids is 1. The summed E-state index contributed by atoms with van der Waals surface area (Å²) in [6.07, 6.45) is 1.46. The number of aryl methyl sites for hydroxylation is 1. The number of benzene rings is 1. The van der Waals surface area contributed by atoms with Crippen molar-refractivity contribution in [2.75, 3.05) is 12.4 Å². The van der Waals surface area contributed by atoms with Crippen molar-refractivity contribution in [3.8, 4) is 5.75 Å². The van der Waals surface area contributed by atoms with Crippen LogP contribution >= 0.6 is 0 Å². The number of rotatable bonds is 4. The number of carbonyl (C=O) groups is 1. The Morgan fingerprint density at radius 3 is 2.79 bits per heavy atom. The quantitative estimate of drug-likeness (QED) is 0.882. The van der Waals surface area contributed by atoms with Crippen molar-refractivity contribution in [3.05, 3.63) is 47.8 Å². The van der Waals surface area contributed by atoms with E-state index in [1.807, 2.05) is 25.1 Å². The van der Waals surface area contributed by atoms with Gasteiger partial charge in [0.25, 0.3) is 0 Å². The molecular formula is C14H14N2O3. The third-order valence-electron chi connectivity index (χ3n) is 2.70. The molecule has 0 saturated carbocycles. The topological polar surface area (TPSA) is 71.5 Å². The van der Waals surface area contributed by atoms with Crippen molar-refractivity contribution in [3.63, 3.8) is 0 Å². The summed E-state index contributed by atoms with van der Waals surface area (Å²) in [6, 6.07) is 8.86. The summed E-state index contributed by atoms with van der Waals surface area (Å²) in [4.78, 5) is 14.6. The van der Waals surface area contributed by atoms with Gasteiger partial charge in [-0.3, -0.25) is 0 Å². The number of ether oxygens (including phenoxy) is 1. The van der Waals surface area contributed by atoms with Gasteiger partial charge in [0, 0.05) is 23.6 Å². The zero-order valence-electron chi connectivity index (χ0n) is 10.7. The first kappa shape index (κ1) is 12.9. The highest BCUT2D eigenvalue weighted by Gasteiger charge is 2.06. The molecule has 1 aromatic carbocycles. The monoisotopic (exact) mass is 258 g/mol. The van der Waals surface area contributed by atoms with Crippen molar-refractivity contribution in [2.24, 2.45) is 0 Å². The van der Waals surface area contributed by atoms with Crippen LogP contribution in [0.3, 0.4) is 0 Å². The van der Waals surface area contributed by atoms with Gasteiger partial charge in [-0.15, -0.1) is 0 Å². The molecule has 0 unspecified atom stereocenters. The van der Waals surface area contributed by atoms with E-state index >= 15 is 0 Å². The number of aromatic nitrogens is 1. The van der Waals surface area contributed by atoms with Crippen LogP contribution < -0.4 is 10.1 Å². The number of hydrogen-bond donors (Lipinski definition) is 2. The summed E-state index contributed by atoms with van der Waals surface area (Å²) < 4.78 is 5.16. The number of aromatic carboxylic acids is 1. The first-order valence-electron chi connectivity index (χ1n) is 5.71. The summed E-state index contributed by atoms with van der Waals surface area (Å²) in [5.74, 6) is -0.313. The van der Waals surface area contributed by atoms with Crippen molar-refractivity contribution in [2.45, 2.75) is 6.92 Å². The SMILES string of the molecule is COc1ccc(C)c(Nc2ccnc(C(=O)O)c2)c1. The molecule has 2 N–H and O–H groups in total. The molecule has 0 aliphatic carbocycles. The van der Waals surface area contributed by atoms with E-state index in [2.05, 4.69) is 10.3 Å². The van der Waals surface area contributed by atoms with Gasteiger partial charge in [-0.2, -0.15) is 0 Å². The average molecular weight is 258 g/mol. The molecule has 1 aromatic heterocycles. The van der Waals surface area contributed by atoms with Crippen LogP contribution in [-0.2, 0) is 0 Å². The molecule has 2 rings (SSSR count). The summed E-state index contributed by atoms with van der Waals surface area (Å²) >= 11 is 0. The van der Waals surface area contributed by atoms with E-state index in [4.69, 9.17) is 9.84 Å². The number of hydrogen-bond acceptors (Lipinski definition) is 4. The van der Waals surface area contributed by atoms with Crippen LogP contribution in [0.5, 0.6) is 5.75 Å². The highest BCUT2D eigenvalue weighted by molar-refractivity contribution is 5.86. The first-order chi connectivity index (χ1) is 9.10. The van der Waals surface area contributed by atoms with E-state index in [0.717, 1.165) is 17.0 Å². The Balaban J connectivity index is 2.30. The van der Waals surface area contributed by atoms with Crippen molar-refractivity contribution < 1.29 is 14.6 Å². The molecule has 19 heavy (non-hydrogen) atoms. The average Bonchev–Trinajstić information content (AvgIpc) is 2.41. The van der Waals surface area contributed by atoms with Crippen LogP contribution in [-0.4, -0.2) is 23.2 Å². The van der Waals surface area contributed by atoms with Gasteiger partial charge in [0.1, 0.15) is 11.4 Å². The van der Waals surface area contributed by atoms with E-state index in [0.29, 0.717) is 5.69 Å². The Labute approximate surface area is 110 Å². The minimum atomic E-state index is -1.05. The number of nitrogens with zero attached hydrogens (tertiary/aromatic N) is 1. The molecule has 0 aliphatic rings. The summed E-state index contributed by atoms with van der Waals surface area (Å²) in [5.41, 5.74) is 2.57. The molecule has 0 bridgehead atoms. The maximum absolute atomic E-state index is 10.9. The van der Waals surface area contributed by atoms with Gasteiger partial charge < -0.3 is 15.2 Å². The zero-order chi connectivity index (χ0) is 13.8. The van der Waals surface area contributed by atoms with Crippen LogP contribution in [0.25, 0.3) is 0 Å². The van der Waals surface area contributed by atoms with Crippen LogP contribution in [0, 0.1) is 6.92 Å². The lowest BCUT2D eigenvalue weighted by molar-refractivity contribution is 0.0690. The molecule has 0 radical (unpaired) electrons. The molecule has 5 heteroatoms. The highest BCUT2D eigenvalue weighted by atomic mass is 16.5. The lowest BCUT2D eigenvalue weighted by atomic mass is 10.2. The molecule has 0 aliphatic heterocycles. The number of methoxy groups -OCH3 is 1. The van der Waals surface area contributed by atoms with Gasteiger partial charge in [0.05, 0.1) is 7.11 Å². The van der Waals surface area contributed by atoms with Crippen molar-refractivity contribution in [1.82, 2.24) is 4.98 Å². The van der Waals surface area contributed by atoms with Gasteiger partial charge in [-0.25, -0.2) is 9.78 Å². The van der Waals surface area contributed by atoms with Gasteiger partial charge in [0.2, 0.25) is 0 Å². The molecule has 0 saturated heterocycles. The second-order valence-electron chi connectivity index (χ2n) is 4.04. The number of anilines is 2. The largest absolute Gasteiger partial charge is 0.497 e. The number of nitrogens with one attached hydrogen (secondary N) is 1. The smallest absolute Gasteiger partial charge is 0.354 e. The molecule has 0 atom stereocenters. The summed E-state index contributed by atoms with van der Waals surface area (Å²) in [7, 11) is 1.60. The van der Waals surface area contributed by atoms with Gasteiger partial charge in [-0.05, 0) is 30.7 Å². The fourth-order valence-electron chi connectivity index (χ4n) is 1.64. The van der Waals surface area contributed by atoms with Gasteiger partial charge in [-0.1, -0.05) is 6.07 Å². The Hall–Kier alpha value is -2.56. The van der Waals surface area contributed by atoms with Crippen molar-refractivity contribution in [1.29, 1.82) is 0 Å². The van der Waals surface area contributed by atoms with Gasteiger partial charge >= 0.3 is 5.97 Å². The van der Waals surface area contributed by atoms with Crippen LogP contribution in [0.2, 0.25) is 0 Å². The normalized spacial score (nSPS) is 10.0. The third-order valence-corrected chi connectivity index (χ3v) is 2.70. The minimum Gasteiger partial charge on any atom is -0.497 e. The minimum absolute atomic E-state index is 0.00514. The second kappa shape index (κ2) is 5.39. The predicted molar refractivity (Wildman–Crippen MR) is 72.2 cm³/mol. The van der Waals surface area contributed by atoms with Crippen LogP contribution in [0.4, 0.5) is 11.4 Å². The van der Waals surface area contributed by atoms with E-state index in [-0.39, 0.29) is 5.69 Å². The molecule has 0 spiro atoms. The summed E-state index contributed by atoms with van der Waals surface area (Å²) in [5, 5.41) is 12.1. The molecule has 5 nitrogen and oxygen atoms in total. The van der Waals surface area contributed by atoms with Gasteiger partial charge in [0.15, 0.2) is 0 Å². The predicted octanol–water partition coefficient (Wildman–Crippen LogP) is 2.84. The maximum Gasteiger partial charge on any atom is 0.354 e. The summed E-state index contributed by atoms with van der Waals surface area (Å²) in [6.45, 7) is 1.96. The standard InChI is InChI=1S/C14H14N2O3/c1-9-3-4-11(19-2)8-12(9)16-10-5-6-15-13(7-10)14(17)18/h3-8H,1-2H3,(H,15,16)(H,17,18). The molecule has 98 valence electrons. The Morgan fingerprint density at radius 1 is 1.32 bits per heavy atom. The Kier molecular flexibility index (Phi) is 3.66. The number of carboxylic acid groups (broad SMARTS) is 1. The third kappa shape index (κ3) is 3.01. The Bertz CT molecular complexity index is 611. The molecule has 0 amide bonds. The van der Waals surface area contributed by atoms with E-state index < -0.39 is 5.97 Å². The van der Waals surface area contributed by atoms with E-state index in [1.165, 1.54) is 12.3 Å². The maximum atomic E-state index is 10.9. The van der Waals surface area contributed by atoms with Crippen LogP contribution in [0.1, 0.15) is 16.1 Å². The lowest BCUT2D eigenvalue weighted by Gasteiger charge is -2.11. The molecule has 0 fully saturated rings. The second-order valence-corrected chi connectivity index (χ2v) is 4.04. The highest BCUT2D eigenvalue weighted by Crippen LogP contribution is 2.25. The van der Waals surface area contributed by atoms with Crippen molar-refractivity contribution >= 4 is 17.3 Å². The van der Waals surface area contributed by atoms with E-state index in [1.54, 1.807) is 13.2 Å².